The van der Waals surface area contributed by atoms with E-state index in [1.165, 1.54) is 5.56 Å². The summed E-state index contributed by atoms with van der Waals surface area (Å²) in [5, 5.41) is 10.8. The van der Waals surface area contributed by atoms with Crippen molar-refractivity contribution >= 4 is 27.3 Å². The van der Waals surface area contributed by atoms with Crippen LogP contribution in [0.5, 0.6) is 0 Å². The first-order valence-corrected chi connectivity index (χ1v) is 8.23. The van der Waals surface area contributed by atoms with Crippen molar-refractivity contribution in [2.45, 2.75) is 37.2 Å². The van der Waals surface area contributed by atoms with Crippen molar-refractivity contribution in [1.29, 1.82) is 0 Å². The lowest BCUT2D eigenvalue weighted by Gasteiger charge is -2.35. The molecule has 0 atom stereocenters. The van der Waals surface area contributed by atoms with E-state index in [1.807, 2.05) is 0 Å². The van der Waals surface area contributed by atoms with Gasteiger partial charge in [-0.1, -0.05) is 30.3 Å². The number of halogens is 1. The maximum absolute atomic E-state index is 10.8. The van der Waals surface area contributed by atoms with Crippen LogP contribution in [-0.4, -0.2) is 10.1 Å². The number of nitrogens with zero attached hydrogens (tertiary/aromatic N) is 1. The van der Waals surface area contributed by atoms with Crippen LogP contribution in [0.25, 0.3) is 0 Å². The molecular weight excluding hydrogens is 322 g/mol. The molecule has 0 unspecified atom stereocenters. The minimum absolute atomic E-state index is 0.577. The van der Waals surface area contributed by atoms with Crippen molar-refractivity contribution < 1.29 is 5.11 Å². The third kappa shape index (κ3) is 2.62. The van der Waals surface area contributed by atoms with Gasteiger partial charge in [-0.2, -0.15) is 0 Å². The molecule has 0 saturated heterocycles. The summed E-state index contributed by atoms with van der Waals surface area (Å²) in [6.45, 7) is 0. The molecule has 100 valence electrons. The first-order valence-electron chi connectivity index (χ1n) is 6.56. The normalized spacial score (nSPS) is 27.4. The smallest absolute Gasteiger partial charge is 0.123 e. The molecule has 0 amide bonds. The molecule has 1 N–H and O–H groups in total. The standard InChI is InChI=1S/C15H16BrNOS/c16-14-13(19-10-17-14)15(18)8-6-12(7-9-15)11-4-2-1-3-5-11/h1-5,10,12,18H,6-9H2. The van der Waals surface area contributed by atoms with Gasteiger partial charge in [-0.05, 0) is 53.1 Å². The molecule has 4 heteroatoms. The number of hydrogen-bond acceptors (Lipinski definition) is 3. The van der Waals surface area contributed by atoms with E-state index in [2.05, 4.69) is 51.2 Å². The van der Waals surface area contributed by atoms with Gasteiger partial charge in [0.05, 0.1) is 10.4 Å². The second kappa shape index (κ2) is 5.35. The number of rotatable bonds is 2. The molecule has 0 radical (unpaired) electrons. The van der Waals surface area contributed by atoms with E-state index in [1.54, 1.807) is 16.8 Å². The zero-order valence-electron chi connectivity index (χ0n) is 10.6. The van der Waals surface area contributed by atoms with Gasteiger partial charge in [-0.3, -0.25) is 0 Å². The Kier molecular flexibility index (Phi) is 3.74. The summed E-state index contributed by atoms with van der Waals surface area (Å²) in [7, 11) is 0. The van der Waals surface area contributed by atoms with Gasteiger partial charge in [0, 0.05) is 0 Å². The van der Waals surface area contributed by atoms with E-state index in [0.717, 1.165) is 35.2 Å². The Morgan fingerprint density at radius 2 is 1.89 bits per heavy atom. The van der Waals surface area contributed by atoms with Gasteiger partial charge in [-0.15, -0.1) is 11.3 Å². The Morgan fingerprint density at radius 3 is 2.47 bits per heavy atom. The van der Waals surface area contributed by atoms with Crippen LogP contribution in [0.4, 0.5) is 0 Å². The summed E-state index contributed by atoms with van der Waals surface area (Å²) in [5.41, 5.74) is 2.50. The largest absolute Gasteiger partial charge is 0.384 e. The van der Waals surface area contributed by atoms with E-state index in [0.29, 0.717) is 5.92 Å². The second-order valence-corrected chi connectivity index (χ2v) is 6.79. The number of aliphatic hydroxyl groups is 1. The molecule has 1 aromatic heterocycles. The van der Waals surface area contributed by atoms with Gasteiger partial charge in [0.15, 0.2) is 0 Å². The van der Waals surface area contributed by atoms with E-state index in [-0.39, 0.29) is 0 Å². The SMILES string of the molecule is OC1(c2scnc2Br)CCC(c2ccccc2)CC1. The first kappa shape index (κ1) is 13.3. The van der Waals surface area contributed by atoms with Crippen LogP contribution in [0, 0.1) is 0 Å². The lowest BCUT2D eigenvalue weighted by Crippen LogP contribution is -2.30. The summed E-state index contributed by atoms with van der Waals surface area (Å²) >= 11 is 4.98. The number of hydrogen-bond donors (Lipinski definition) is 1. The lowest BCUT2D eigenvalue weighted by atomic mass is 9.75. The zero-order chi connectivity index (χ0) is 13.3. The highest BCUT2D eigenvalue weighted by atomic mass is 79.9. The molecule has 1 aliphatic rings. The van der Waals surface area contributed by atoms with Crippen LogP contribution in [-0.2, 0) is 5.60 Å². The van der Waals surface area contributed by atoms with E-state index >= 15 is 0 Å². The minimum atomic E-state index is -0.689. The quantitative estimate of drug-likeness (QED) is 0.877. The third-order valence-electron chi connectivity index (χ3n) is 4.03. The zero-order valence-corrected chi connectivity index (χ0v) is 13.0. The van der Waals surface area contributed by atoms with Crippen molar-refractivity contribution in [3.05, 3.63) is 50.9 Å². The van der Waals surface area contributed by atoms with Crippen molar-refractivity contribution in [3.8, 4) is 0 Å². The average Bonchev–Trinajstić information content (AvgIpc) is 2.88. The van der Waals surface area contributed by atoms with Crippen LogP contribution >= 0.6 is 27.3 Å². The highest BCUT2D eigenvalue weighted by molar-refractivity contribution is 9.10. The molecule has 0 aliphatic heterocycles. The Balaban J connectivity index is 1.75. The molecule has 1 aliphatic carbocycles. The molecule has 2 aromatic rings. The summed E-state index contributed by atoms with van der Waals surface area (Å²) < 4.78 is 0.804. The van der Waals surface area contributed by atoms with Crippen molar-refractivity contribution in [2.75, 3.05) is 0 Å². The minimum Gasteiger partial charge on any atom is -0.384 e. The Hall–Kier alpha value is -0.710. The number of thiazole rings is 1. The van der Waals surface area contributed by atoms with Crippen LogP contribution in [0.2, 0.25) is 0 Å². The van der Waals surface area contributed by atoms with Crippen molar-refractivity contribution in [1.82, 2.24) is 4.98 Å². The Morgan fingerprint density at radius 1 is 1.21 bits per heavy atom. The molecule has 3 rings (SSSR count). The summed E-state index contributed by atoms with van der Waals surface area (Å²) in [4.78, 5) is 5.17. The maximum Gasteiger partial charge on any atom is 0.123 e. The molecule has 1 aromatic carbocycles. The van der Waals surface area contributed by atoms with Crippen LogP contribution in [0.3, 0.4) is 0 Å². The lowest BCUT2D eigenvalue weighted by molar-refractivity contribution is -0.00309. The fraction of sp³-hybridized carbons (Fsp3) is 0.400. The van der Waals surface area contributed by atoms with E-state index in [4.69, 9.17) is 0 Å². The van der Waals surface area contributed by atoms with Crippen LogP contribution in [0.15, 0.2) is 40.4 Å². The Bertz CT molecular complexity index is 546. The molecule has 1 heterocycles. The summed E-state index contributed by atoms with van der Waals surface area (Å²) in [6, 6.07) is 10.6. The highest BCUT2D eigenvalue weighted by Crippen LogP contribution is 2.46. The van der Waals surface area contributed by atoms with Gasteiger partial charge < -0.3 is 5.11 Å². The van der Waals surface area contributed by atoms with Crippen molar-refractivity contribution in [3.63, 3.8) is 0 Å². The van der Waals surface area contributed by atoms with Gasteiger partial charge >= 0.3 is 0 Å². The van der Waals surface area contributed by atoms with Crippen molar-refractivity contribution in [2.24, 2.45) is 0 Å². The number of aromatic nitrogens is 1. The monoisotopic (exact) mass is 337 g/mol. The summed E-state index contributed by atoms with van der Waals surface area (Å²) in [5.74, 6) is 0.577. The number of benzene rings is 1. The van der Waals surface area contributed by atoms with Gasteiger partial charge in [0.1, 0.15) is 10.2 Å². The van der Waals surface area contributed by atoms with E-state index in [9.17, 15) is 5.11 Å². The molecular formula is C15H16BrNOS. The molecule has 19 heavy (non-hydrogen) atoms. The van der Waals surface area contributed by atoms with Gasteiger partial charge in [-0.25, -0.2) is 4.98 Å². The average molecular weight is 338 g/mol. The Labute approximate surface area is 125 Å². The third-order valence-corrected chi connectivity index (χ3v) is 5.91. The molecule has 2 nitrogen and oxygen atoms in total. The predicted molar refractivity (Wildman–Crippen MR) is 81.4 cm³/mol. The van der Waals surface area contributed by atoms with Crippen LogP contribution < -0.4 is 0 Å². The highest BCUT2D eigenvalue weighted by Gasteiger charge is 2.37. The second-order valence-electron chi connectivity index (χ2n) is 5.19. The fourth-order valence-electron chi connectivity index (χ4n) is 2.92. The predicted octanol–water partition coefficient (Wildman–Crippen LogP) is 4.45. The van der Waals surface area contributed by atoms with Crippen LogP contribution in [0.1, 0.15) is 42.0 Å². The van der Waals surface area contributed by atoms with Gasteiger partial charge in [0.2, 0.25) is 0 Å². The molecule has 1 fully saturated rings. The molecule has 1 saturated carbocycles. The topological polar surface area (TPSA) is 33.1 Å². The molecule has 0 bridgehead atoms. The maximum atomic E-state index is 10.8. The van der Waals surface area contributed by atoms with Gasteiger partial charge in [0.25, 0.3) is 0 Å². The van der Waals surface area contributed by atoms with E-state index < -0.39 is 5.60 Å². The fourth-order valence-corrected chi connectivity index (χ4v) is 4.64. The first-order chi connectivity index (χ1) is 9.19. The molecule has 0 spiro atoms. The summed E-state index contributed by atoms with van der Waals surface area (Å²) in [6.07, 6.45) is 3.69.